The molecule has 0 aliphatic rings. The zero-order valence-corrected chi connectivity index (χ0v) is 17.6. The summed E-state index contributed by atoms with van der Waals surface area (Å²) in [7, 11) is 0. The largest absolute Gasteiger partial charge is 0.455 e. The summed E-state index contributed by atoms with van der Waals surface area (Å²) in [5.74, 6) is 0. The smallest absolute Gasteiger partial charge is 0.144 e. The highest BCUT2D eigenvalue weighted by Gasteiger charge is 2.15. The molecule has 3 heterocycles. The molecular formula is C27H19NOS. The van der Waals surface area contributed by atoms with Gasteiger partial charge in [-0.15, -0.1) is 11.3 Å². The third kappa shape index (κ3) is 2.59. The van der Waals surface area contributed by atoms with Gasteiger partial charge in [0, 0.05) is 26.6 Å². The van der Waals surface area contributed by atoms with E-state index < -0.39 is 0 Å². The average molecular weight is 406 g/mol. The summed E-state index contributed by atoms with van der Waals surface area (Å²) in [4.78, 5) is 7.35. The van der Waals surface area contributed by atoms with Gasteiger partial charge in [-0.05, 0) is 60.9 Å². The van der Waals surface area contributed by atoms with Gasteiger partial charge in [0.2, 0.25) is 0 Å². The Hall–Kier alpha value is -3.43. The summed E-state index contributed by atoms with van der Waals surface area (Å²) in [6, 6.07) is 27.5. The Labute approximate surface area is 178 Å². The van der Waals surface area contributed by atoms with Gasteiger partial charge in [0.15, 0.2) is 0 Å². The van der Waals surface area contributed by atoms with Gasteiger partial charge in [0.05, 0.1) is 5.69 Å². The first-order valence-electron chi connectivity index (χ1n) is 10.1. The fourth-order valence-corrected chi connectivity index (χ4v) is 5.55. The van der Waals surface area contributed by atoms with Crippen LogP contribution in [0.15, 0.2) is 83.3 Å². The highest BCUT2D eigenvalue weighted by Crippen LogP contribution is 2.39. The molecule has 0 saturated carbocycles. The molecule has 0 unspecified atom stereocenters. The number of hydrogen-bond acceptors (Lipinski definition) is 3. The van der Waals surface area contributed by atoms with Crippen LogP contribution in [0.4, 0.5) is 0 Å². The van der Waals surface area contributed by atoms with Crippen LogP contribution in [0, 0.1) is 13.8 Å². The first kappa shape index (κ1) is 17.4. The zero-order chi connectivity index (χ0) is 20.2. The van der Waals surface area contributed by atoms with E-state index in [2.05, 4.69) is 80.6 Å². The van der Waals surface area contributed by atoms with E-state index in [1.807, 2.05) is 12.1 Å². The van der Waals surface area contributed by atoms with E-state index in [-0.39, 0.29) is 0 Å². The van der Waals surface area contributed by atoms with E-state index in [1.165, 1.54) is 27.0 Å². The molecule has 6 aromatic rings. The van der Waals surface area contributed by atoms with Crippen LogP contribution < -0.4 is 0 Å². The quantitative estimate of drug-likeness (QED) is 0.290. The second kappa shape index (κ2) is 6.54. The average Bonchev–Trinajstić information content (AvgIpc) is 3.34. The van der Waals surface area contributed by atoms with Crippen LogP contribution in [0.5, 0.6) is 0 Å². The maximum absolute atomic E-state index is 6.22. The topological polar surface area (TPSA) is 26.0 Å². The highest BCUT2D eigenvalue weighted by atomic mass is 32.1. The molecule has 3 aromatic heterocycles. The second-order valence-electron chi connectivity index (χ2n) is 7.75. The van der Waals surface area contributed by atoms with Gasteiger partial charge in [-0.25, -0.2) is 4.98 Å². The number of aromatic nitrogens is 1. The summed E-state index contributed by atoms with van der Waals surface area (Å²) in [5, 5.41) is 3.45. The van der Waals surface area contributed by atoms with Gasteiger partial charge in [0.1, 0.15) is 16.0 Å². The molecular weight excluding hydrogens is 386 g/mol. The lowest BCUT2D eigenvalue weighted by atomic mass is 10.0. The SMILES string of the molecule is Cc1cccc(C)c1-c1cc2ccc(-c3cccc4c3oc3ccccc34)nc2s1. The predicted octanol–water partition coefficient (Wildman–Crippen LogP) is 8.15. The maximum atomic E-state index is 6.22. The van der Waals surface area contributed by atoms with Crippen molar-refractivity contribution in [3.8, 4) is 21.7 Å². The summed E-state index contributed by atoms with van der Waals surface area (Å²) in [6.07, 6.45) is 0. The number of rotatable bonds is 2. The Morgan fingerprint density at radius 3 is 2.40 bits per heavy atom. The second-order valence-corrected chi connectivity index (χ2v) is 8.78. The van der Waals surface area contributed by atoms with Gasteiger partial charge >= 0.3 is 0 Å². The monoisotopic (exact) mass is 405 g/mol. The highest BCUT2D eigenvalue weighted by molar-refractivity contribution is 7.21. The van der Waals surface area contributed by atoms with Crippen LogP contribution in [0.1, 0.15) is 11.1 Å². The Morgan fingerprint density at radius 2 is 1.53 bits per heavy atom. The minimum absolute atomic E-state index is 0.900. The van der Waals surface area contributed by atoms with E-state index in [0.717, 1.165) is 38.0 Å². The van der Waals surface area contributed by atoms with Crippen molar-refractivity contribution in [3.63, 3.8) is 0 Å². The number of pyridine rings is 1. The lowest BCUT2D eigenvalue weighted by molar-refractivity contribution is 0.670. The maximum Gasteiger partial charge on any atom is 0.144 e. The van der Waals surface area contributed by atoms with Crippen LogP contribution in [0.3, 0.4) is 0 Å². The summed E-state index contributed by atoms with van der Waals surface area (Å²) < 4.78 is 6.22. The number of fused-ring (bicyclic) bond motifs is 4. The molecule has 144 valence electrons. The van der Waals surface area contributed by atoms with Crippen LogP contribution >= 0.6 is 11.3 Å². The lowest BCUT2D eigenvalue weighted by Crippen LogP contribution is -1.84. The first-order chi connectivity index (χ1) is 14.7. The summed E-state index contributed by atoms with van der Waals surface area (Å²) in [6.45, 7) is 4.35. The van der Waals surface area contributed by atoms with Gasteiger partial charge in [-0.3, -0.25) is 0 Å². The number of benzene rings is 3. The molecule has 0 aliphatic carbocycles. The van der Waals surface area contributed by atoms with E-state index in [4.69, 9.17) is 9.40 Å². The third-order valence-corrected chi connectivity index (χ3v) is 6.85. The number of para-hydroxylation sites is 2. The molecule has 0 radical (unpaired) electrons. The molecule has 3 heteroatoms. The van der Waals surface area contributed by atoms with Crippen LogP contribution in [0.25, 0.3) is 53.9 Å². The van der Waals surface area contributed by atoms with Gasteiger partial charge in [-0.1, -0.05) is 48.5 Å². The number of hydrogen-bond donors (Lipinski definition) is 0. The zero-order valence-electron chi connectivity index (χ0n) is 16.8. The fourth-order valence-electron chi connectivity index (χ4n) is 4.34. The minimum atomic E-state index is 0.900. The molecule has 2 nitrogen and oxygen atoms in total. The molecule has 3 aromatic carbocycles. The van der Waals surface area contributed by atoms with Crippen molar-refractivity contribution in [2.75, 3.05) is 0 Å². The number of nitrogens with zero attached hydrogens (tertiary/aromatic N) is 1. The Morgan fingerprint density at radius 1 is 0.767 bits per heavy atom. The number of furan rings is 1. The van der Waals surface area contributed by atoms with Crippen molar-refractivity contribution in [2.45, 2.75) is 13.8 Å². The van der Waals surface area contributed by atoms with E-state index in [1.54, 1.807) is 11.3 Å². The molecule has 0 N–H and O–H groups in total. The van der Waals surface area contributed by atoms with Crippen molar-refractivity contribution in [1.82, 2.24) is 4.98 Å². The molecule has 0 atom stereocenters. The van der Waals surface area contributed by atoms with Gasteiger partial charge < -0.3 is 4.42 Å². The van der Waals surface area contributed by atoms with E-state index >= 15 is 0 Å². The van der Waals surface area contributed by atoms with Crippen molar-refractivity contribution in [1.29, 1.82) is 0 Å². The predicted molar refractivity (Wildman–Crippen MR) is 127 cm³/mol. The minimum Gasteiger partial charge on any atom is -0.455 e. The lowest BCUT2D eigenvalue weighted by Gasteiger charge is -2.06. The standard InChI is InChI=1S/C27H19NOS/c1-16-7-5-8-17(2)25(16)24-15-18-13-14-22(28-27(18)30-24)21-11-6-10-20-19-9-3-4-12-23(19)29-26(20)21/h3-15H,1-2H3. The Bertz CT molecular complexity index is 1550. The van der Waals surface area contributed by atoms with Crippen LogP contribution in [0.2, 0.25) is 0 Å². The first-order valence-corrected chi connectivity index (χ1v) is 10.9. The van der Waals surface area contributed by atoms with E-state index in [9.17, 15) is 0 Å². The molecule has 0 bridgehead atoms. The molecule has 0 spiro atoms. The third-order valence-electron chi connectivity index (χ3n) is 5.79. The molecule has 6 rings (SSSR count). The van der Waals surface area contributed by atoms with Gasteiger partial charge in [-0.2, -0.15) is 0 Å². The van der Waals surface area contributed by atoms with Gasteiger partial charge in [0.25, 0.3) is 0 Å². The molecule has 30 heavy (non-hydrogen) atoms. The molecule has 0 amide bonds. The van der Waals surface area contributed by atoms with E-state index in [0.29, 0.717) is 0 Å². The van der Waals surface area contributed by atoms with Crippen molar-refractivity contribution in [2.24, 2.45) is 0 Å². The summed E-state index contributed by atoms with van der Waals surface area (Å²) >= 11 is 1.76. The fraction of sp³-hybridized carbons (Fsp3) is 0.0741. The number of aryl methyl sites for hydroxylation is 2. The molecule has 0 fully saturated rings. The normalized spacial score (nSPS) is 11.7. The van der Waals surface area contributed by atoms with Crippen molar-refractivity contribution in [3.05, 3.63) is 90.0 Å². The van der Waals surface area contributed by atoms with Crippen molar-refractivity contribution < 1.29 is 4.42 Å². The Kier molecular flexibility index (Phi) is 3.80. The van der Waals surface area contributed by atoms with Crippen LogP contribution in [-0.4, -0.2) is 4.98 Å². The summed E-state index contributed by atoms with van der Waals surface area (Å²) in [5.41, 5.74) is 7.71. The molecule has 0 saturated heterocycles. The van der Waals surface area contributed by atoms with Crippen molar-refractivity contribution >= 4 is 43.5 Å². The Balaban J connectivity index is 1.54. The number of thiophene rings is 1. The molecule has 0 aliphatic heterocycles. The van der Waals surface area contributed by atoms with Crippen LogP contribution in [-0.2, 0) is 0 Å².